The number of hydrogen-bond donors (Lipinski definition) is 2. The second kappa shape index (κ2) is 7.50. The maximum Gasteiger partial charge on any atom is 0.319 e. The molecule has 20 heavy (non-hydrogen) atoms. The van der Waals surface area contributed by atoms with Gasteiger partial charge in [-0.05, 0) is 43.2 Å². The molecule has 0 aliphatic rings. The highest BCUT2D eigenvalue weighted by Gasteiger charge is 2.01. The Morgan fingerprint density at radius 3 is 2.85 bits per heavy atom. The molecule has 2 rings (SSSR count). The van der Waals surface area contributed by atoms with Crippen molar-refractivity contribution >= 4 is 23.3 Å². The van der Waals surface area contributed by atoms with Crippen LogP contribution < -0.4 is 10.6 Å². The van der Waals surface area contributed by atoms with Crippen molar-refractivity contribution in [3.63, 3.8) is 0 Å². The number of pyridine rings is 1. The van der Waals surface area contributed by atoms with Crippen LogP contribution in [0.1, 0.15) is 12.1 Å². The van der Waals surface area contributed by atoms with E-state index in [1.807, 2.05) is 18.2 Å². The van der Waals surface area contributed by atoms with E-state index in [2.05, 4.69) is 15.6 Å². The first-order chi connectivity index (χ1) is 9.74. The average molecular weight is 290 g/mol. The van der Waals surface area contributed by atoms with Crippen LogP contribution in [0.3, 0.4) is 0 Å². The van der Waals surface area contributed by atoms with Crippen molar-refractivity contribution in [3.8, 4) is 0 Å². The van der Waals surface area contributed by atoms with Crippen LogP contribution in [0.15, 0.2) is 48.7 Å². The zero-order valence-corrected chi connectivity index (χ0v) is 11.7. The normalized spacial score (nSPS) is 10.1. The summed E-state index contributed by atoms with van der Waals surface area (Å²) in [7, 11) is 0. The quantitative estimate of drug-likeness (QED) is 0.828. The van der Waals surface area contributed by atoms with Crippen LogP contribution in [0.25, 0.3) is 0 Å². The third-order valence-electron chi connectivity index (χ3n) is 2.70. The van der Waals surface area contributed by atoms with Crippen LogP contribution in [0.4, 0.5) is 10.5 Å². The SMILES string of the molecule is O=C(NCCCc1ccccn1)Nc1cccc(Cl)c1. The molecular formula is C15H16ClN3O. The average Bonchev–Trinajstić information content (AvgIpc) is 2.45. The lowest BCUT2D eigenvalue weighted by Gasteiger charge is -2.07. The molecule has 0 saturated heterocycles. The van der Waals surface area contributed by atoms with E-state index in [4.69, 9.17) is 11.6 Å². The van der Waals surface area contributed by atoms with Crippen LogP contribution >= 0.6 is 11.6 Å². The molecule has 1 aromatic heterocycles. The van der Waals surface area contributed by atoms with E-state index in [1.54, 1.807) is 30.5 Å². The van der Waals surface area contributed by atoms with Gasteiger partial charge >= 0.3 is 6.03 Å². The smallest absolute Gasteiger partial charge is 0.319 e. The molecule has 4 nitrogen and oxygen atoms in total. The van der Waals surface area contributed by atoms with Gasteiger partial charge in [0, 0.05) is 29.1 Å². The number of rotatable bonds is 5. The fourth-order valence-electron chi connectivity index (χ4n) is 1.76. The number of nitrogens with zero attached hydrogens (tertiary/aromatic N) is 1. The largest absolute Gasteiger partial charge is 0.338 e. The lowest BCUT2D eigenvalue weighted by atomic mass is 10.2. The molecule has 0 atom stereocenters. The first-order valence-corrected chi connectivity index (χ1v) is 6.82. The molecular weight excluding hydrogens is 274 g/mol. The summed E-state index contributed by atoms with van der Waals surface area (Å²) < 4.78 is 0. The summed E-state index contributed by atoms with van der Waals surface area (Å²) in [5, 5.41) is 6.13. The summed E-state index contributed by atoms with van der Waals surface area (Å²) in [5.74, 6) is 0. The van der Waals surface area contributed by atoms with Crippen LogP contribution in [0.5, 0.6) is 0 Å². The van der Waals surface area contributed by atoms with Gasteiger partial charge in [0.05, 0.1) is 0 Å². The van der Waals surface area contributed by atoms with Gasteiger partial charge in [-0.1, -0.05) is 23.7 Å². The Morgan fingerprint density at radius 2 is 2.10 bits per heavy atom. The monoisotopic (exact) mass is 289 g/mol. The first kappa shape index (κ1) is 14.3. The number of nitrogens with one attached hydrogen (secondary N) is 2. The Hall–Kier alpha value is -2.07. The zero-order valence-electron chi connectivity index (χ0n) is 11.0. The standard InChI is InChI=1S/C15H16ClN3O/c16-12-5-3-7-14(11-12)19-15(20)18-10-4-8-13-6-1-2-9-17-13/h1-3,5-7,9,11H,4,8,10H2,(H2,18,19,20). The number of amides is 2. The van der Waals surface area contributed by atoms with Gasteiger partial charge in [0.1, 0.15) is 0 Å². The minimum Gasteiger partial charge on any atom is -0.338 e. The van der Waals surface area contributed by atoms with E-state index in [1.165, 1.54) is 0 Å². The maximum atomic E-state index is 11.7. The van der Waals surface area contributed by atoms with Crippen molar-refractivity contribution in [3.05, 3.63) is 59.4 Å². The van der Waals surface area contributed by atoms with Crippen molar-refractivity contribution in [2.45, 2.75) is 12.8 Å². The van der Waals surface area contributed by atoms with Crippen molar-refractivity contribution in [1.29, 1.82) is 0 Å². The van der Waals surface area contributed by atoms with Crippen LogP contribution in [-0.2, 0) is 6.42 Å². The topological polar surface area (TPSA) is 54.0 Å². The number of carbonyl (C=O) groups is 1. The number of urea groups is 1. The molecule has 0 aliphatic heterocycles. The molecule has 1 aromatic carbocycles. The Kier molecular flexibility index (Phi) is 5.38. The van der Waals surface area contributed by atoms with Gasteiger partial charge in [0.25, 0.3) is 0 Å². The number of hydrogen-bond acceptors (Lipinski definition) is 2. The Morgan fingerprint density at radius 1 is 1.20 bits per heavy atom. The molecule has 2 N–H and O–H groups in total. The van der Waals surface area contributed by atoms with Crippen LogP contribution in [-0.4, -0.2) is 17.6 Å². The van der Waals surface area contributed by atoms with Gasteiger partial charge in [-0.2, -0.15) is 0 Å². The van der Waals surface area contributed by atoms with Crippen LogP contribution in [0.2, 0.25) is 5.02 Å². The maximum absolute atomic E-state index is 11.7. The van der Waals surface area contributed by atoms with Crippen molar-refractivity contribution in [2.24, 2.45) is 0 Å². The molecule has 1 heterocycles. The molecule has 2 amide bonds. The van der Waals surface area contributed by atoms with Crippen molar-refractivity contribution in [2.75, 3.05) is 11.9 Å². The van der Waals surface area contributed by atoms with E-state index >= 15 is 0 Å². The fraction of sp³-hybridized carbons (Fsp3) is 0.200. The second-order valence-electron chi connectivity index (χ2n) is 4.32. The van der Waals surface area contributed by atoms with Gasteiger partial charge < -0.3 is 10.6 Å². The summed E-state index contributed by atoms with van der Waals surface area (Å²) >= 11 is 5.84. The number of aromatic nitrogens is 1. The molecule has 0 radical (unpaired) electrons. The predicted molar refractivity (Wildman–Crippen MR) is 81.0 cm³/mol. The Labute approximate surface area is 123 Å². The highest BCUT2D eigenvalue weighted by Crippen LogP contribution is 2.14. The molecule has 2 aromatic rings. The number of benzene rings is 1. The van der Waals surface area contributed by atoms with E-state index in [-0.39, 0.29) is 6.03 Å². The second-order valence-corrected chi connectivity index (χ2v) is 4.75. The van der Waals surface area contributed by atoms with E-state index in [0.29, 0.717) is 17.3 Å². The summed E-state index contributed by atoms with van der Waals surface area (Å²) in [5.41, 5.74) is 1.71. The van der Waals surface area contributed by atoms with Crippen molar-refractivity contribution < 1.29 is 4.79 Å². The number of anilines is 1. The summed E-state index contributed by atoms with van der Waals surface area (Å²) in [4.78, 5) is 15.9. The van der Waals surface area contributed by atoms with Crippen LogP contribution in [0, 0.1) is 0 Å². The Bertz CT molecular complexity index is 560. The van der Waals surface area contributed by atoms with E-state index in [0.717, 1.165) is 18.5 Å². The third-order valence-corrected chi connectivity index (χ3v) is 2.94. The lowest BCUT2D eigenvalue weighted by Crippen LogP contribution is -2.29. The summed E-state index contributed by atoms with van der Waals surface area (Å²) in [6, 6.07) is 12.6. The van der Waals surface area contributed by atoms with Gasteiger partial charge in [0.15, 0.2) is 0 Å². The molecule has 0 unspecified atom stereocenters. The molecule has 0 bridgehead atoms. The summed E-state index contributed by atoms with van der Waals surface area (Å²) in [6.45, 7) is 0.600. The van der Waals surface area contributed by atoms with Crippen molar-refractivity contribution in [1.82, 2.24) is 10.3 Å². The summed E-state index contributed by atoms with van der Waals surface area (Å²) in [6.07, 6.45) is 3.47. The zero-order chi connectivity index (χ0) is 14.2. The van der Waals surface area contributed by atoms with E-state index < -0.39 is 0 Å². The molecule has 0 spiro atoms. The first-order valence-electron chi connectivity index (χ1n) is 6.44. The fourth-order valence-corrected chi connectivity index (χ4v) is 1.95. The highest BCUT2D eigenvalue weighted by atomic mass is 35.5. The number of carbonyl (C=O) groups excluding carboxylic acids is 1. The number of aryl methyl sites for hydroxylation is 1. The molecule has 5 heteroatoms. The van der Waals surface area contributed by atoms with Gasteiger partial charge in [0.2, 0.25) is 0 Å². The van der Waals surface area contributed by atoms with Gasteiger partial charge in [-0.25, -0.2) is 4.79 Å². The lowest BCUT2D eigenvalue weighted by molar-refractivity contribution is 0.252. The number of halogens is 1. The minimum atomic E-state index is -0.228. The molecule has 0 aliphatic carbocycles. The molecule has 0 saturated carbocycles. The molecule has 0 fully saturated rings. The highest BCUT2D eigenvalue weighted by molar-refractivity contribution is 6.30. The van der Waals surface area contributed by atoms with Gasteiger partial charge in [-0.15, -0.1) is 0 Å². The third kappa shape index (κ3) is 4.90. The van der Waals surface area contributed by atoms with Gasteiger partial charge in [-0.3, -0.25) is 4.98 Å². The predicted octanol–water partition coefficient (Wildman–Crippen LogP) is 3.49. The van der Waals surface area contributed by atoms with E-state index in [9.17, 15) is 4.79 Å². The molecule has 104 valence electrons. The minimum absolute atomic E-state index is 0.228. The Balaban J connectivity index is 1.68.